The number of carbonyl (C=O) groups excluding carboxylic acids is 1. The van der Waals surface area contributed by atoms with Crippen LogP contribution in [0.25, 0.3) is 21.8 Å². The lowest BCUT2D eigenvalue weighted by Gasteiger charge is -2.12. The highest BCUT2D eigenvalue weighted by atomic mass is 16.1. The molecule has 0 saturated carbocycles. The second-order valence-electron chi connectivity index (χ2n) is 7.03. The van der Waals surface area contributed by atoms with E-state index in [2.05, 4.69) is 65.0 Å². The summed E-state index contributed by atoms with van der Waals surface area (Å²) in [6.07, 6.45) is 0.665. The summed E-state index contributed by atoms with van der Waals surface area (Å²) in [5.41, 5.74) is 3.86. The minimum absolute atomic E-state index is 0.114. The first-order valence-electron chi connectivity index (χ1n) is 9.48. The number of para-hydroxylation sites is 2. The van der Waals surface area contributed by atoms with Gasteiger partial charge in [0, 0.05) is 25.1 Å². The Kier molecular flexibility index (Phi) is 4.94. The highest BCUT2D eigenvalue weighted by Gasteiger charge is 2.12. The van der Waals surface area contributed by atoms with E-state index in [1.807, 2.05) is 18.2 Å². The van der Waals surface area contributed by atoms with Crippen LogP contribution in [0.3, 0.4) is 0 Å². The van der Waals surface area contributed by atoms with E-state index in [-0.39, 0.29) is 5.91 Å². The lowest BCUT2D eigenvalue weighted by Crippen LogP contribution is -2.26. The Hall–Kier alpha value is -3.40. The molecule has 0 aliphatic heterocycles. The number of carbonyl (C=O) groups is 1. The number of rotatable bonds is 6. The molecule has 4 aromatic rings. The number of imidazole rings is 1. The zero-order valence-corrected chi connectivity index (χ0v) is 16.0. The number of nitrogens with zero attached hydrogens (tertiary/aromatic N) is 2. The summed E-state index contributed by atoms with van der Waals surface area (Å²) >= 11 is 0. The highest BCUT2D eigenvalue weighted by molar-refractivity contribution is 5.92. The third-order valence-electron chi connectivity index (χ3n) is 4.96. The molecule has 1 N–H and O–H groups in total. The summed E-state index contributed by atoms with van der Waals surface area (Å²) in [6.45, 7) is 6.67. The van der Waals surface area contributed by atoms with Crippen molar-refractivity contribution in [3.05, 3.63) is 90.3 Å². The Balaban J connectivity index is 1.69. The number of hydrogen-bond acceptors (Lipinski definition) is 2. The van der Waals surface area contributed by atoms with Crippen molar-refractivity contribution < 1.29 is 4.79 Å². The van der Waals surface area contributed by atoms with Gasteiger partial charge in [0.1, 0.15) is 5.82 Å². The average Bonchev–Trinajstić information content (AvgIpc) is 3.05. The minimum Gasteiger partial charge on any atom is -0.352 e. The summed E-state index contributed by atoms with van der Waals surface area (Å²) < 4.78 is 2.25. The Morgan fingerprint density at radius 1 is 1.04 bits per heavy atom. The molecular formula is C24H23N3O. The van der Waals surface area contributed by atoms with Crippen molar-refractivity contribution in [2.45, 2.75) is 19.9 Å². The van der Waals surface area contributed by atoms with Crippen LogP contribution in [-0.4, -0.2) is 22.0 Å². The first-order valence-corrected chi connectivity index (χ1v) is 9.48. The Labute approximate surface area is 164 Å². The van der Waals surface area contributed by atoms with Gasteiger partial charge in [-0.25, -0.2) is 4.98 Å². The van der Waals surface area contributed by atoms with Gasteiger partial charge in [-0.1, -0.05) is 61.2 Å². The van der Waals surface area contributed by atoms with Crippen LogP contribution in [0, 0.1) is 0 Å². The molecule has 3 aromatic carbocycles. The smallest absolute Gasteiger partial charge is 0.246 e. The molecule has 0 unspecified atom stereocenters. The first-order chi connectivity index (χ1) is 13.6. The molecule has 1 aromatic heterocycles. The predicted molar refractivity (Wildman–Crippen MR) is 114 cm³/mol. The largest absolute Gasteiger partial charge is 0.352 e. The number of nitrogens with one attached hydrogen (secondary N) is 1. The molecule has 0 saturated heterocycles. The predicted octanol–water partition coefficient (Wildman–Crippen LogP) is 4.47. The summed E-state index contributed by atoms with van der Waals surface area (Å²) in [6, 6.07) is 23.0. The van der Waals surface area contributed by atoms with Crippen LogP contribution in [0.5, 0.6) is 0 Å². The second kappa shape index (κ2) is 7.69. The van der Waals surface area contributed by atoms with Gasteiger partial charge in [-0.3, -0.25) is 4.79 Å². The molecule has 1 heterocycles. The van der Waals surface area contributed by atoms with Crippen LogP contribution in [-0.2, 0) is 17.8 Å². The Morgan fingerprint density at radius 2 is 1.79 bits per heavy atom. The zero-order chi connectivity index (χ0) is 19.5. The molecule has 28 heavy (non-hydrogen) atoms. The fourth-order valence-electron chi connectivity index (χ4n) is 3.53. The van der Waals surface area contributed by atoms with Gasteiger partial charge in [0.25, 0.3) is 0 Å². The Bertz CT molecular complexity index is 1170. The summed E-state index contributed by atoms with van der Waals surface area (Å²) in [4.78, 5) is 16.6. The van der Waals surface area contributed by atoms with Crippen LogP contribution in [0.4, 0.5) is 0 Å². The Morgan fingerprint density at radius 3 is 2.64 bits per heavy atom. The molecule has 0 fully saturated rings. The van der Waals surface area contributed by atoms with Crippen molar-refractivity contribution in [1.82, 2.24) is 14.9 Å². The maximum Gasteiger partial charge on any atom is 0.246 e. The highest BCUT2D eigenvalue weighted by Crippen LogP contribution is 2.23. The average molecular weight is 369 g/mol. The van der Waals surface area contributed by atoms with E-state index >= 15 is 0 Å². The number of hydrogen-bond donors (Lipinski definition) is 1. The molecule has 0 atom stereocenters. The van der Waals surface area contributed by atoms with Gasteiger partial charge < -0.3 is 9.88 Å². The molecule has 0 bridgehead atoms. The van der Waals surface area contributed by atoms with Gasteiger partial charge in [0.2, 0.25) is 5.91 Å². The molecule has 0 radical (unpaired) electrons. The SMILES string of the molecule is C=C(C)C(=O)NCCc1nc2ccccc2n1Cc1cccc2ccccc12. The molecular weight excluding hydrogens is 346 g/mol. The van der Waals surface area contributed by atoms with E-state index in [0.29, 0.717) is 18.5 Å². The van der Waals surface area contributed by atoms with E-state index in [1.54, 1.807) is 6.92 Å². The van der Waals surface area contributed by atoms with Crippen molar-refractivity contribution >= 4 is 27.7 Å². The van der Waals surface area contributed by atoms with E-state index in [1.165, 1.54) is 16.3 Å². The zero-order valence-electron chi connectivity index (χ0n) is 16.0. The minimum atomic E-state index is -0.114. The van der Waals surface area contributed by atoms with Crippen molar-refractivity contribution in [2.75, 3.05) is 6.54 Å². The van der Waals surface area contributed by atoms with Crippen LogP contribution >= 0.6 is 0 Å². The van der Waals surface area contributed by atoms with Gasteiger partial charge in [-0.15, -0.1) is 0 Å². The molecule has 0 aliphatic rings. The van der Waals surface area contributed by atoms with Crippen LogP contribution < -0.4 is 5.32 Å². The van der Waals surface area contributed by atoms with E-state index in [4.69, 9.17) is 4.98 Å². The maximum absolute atomic E-state index is 11.8. The van der Waals surface area contributed by atoms with E-state index in [0.717, 1.165) is 23.4 Å². The fraction of sp³-hybridized carbons (Fsp3) is 0.167. The summed E-state index contributed by atoms with van der Waals surface area (Å²) in [5, 5.41) is 5.39. The quantitative estimate of drug-likeness (QED) is 0.510. The molecule has 140 valence electrons. The van der Waals surface area contributed by atoms with Gasteiger partial charge in [-0.05, 0) is 35.4 Å². The maximum atomic E-state index is 11.8. The monoisotopic (exact) mass is 369 g/mol. The third kappa shape index (κ3) is 3.54. The van der Waals surface area contributed by atoms with Crippen molar-refractivity contribution in [3.63, 3.8) is 0 Å². The van der Waals surface area contributed by atoms with Gasteiger partial charge in [-0.2, -0.15) is 0 Å². The van der Waals surface area contributed by atoms with E-state index < -0.39 is 0 Å². The van der Waals surface area contributed by atoms with Crippen molar-refractivity contribution in [3.8, 4) is 0 Å². The lowest BCUT2D eigenvalue weighted by atomic mass is 10.0. The topological polar surface area (TPSA) is 46.9 Å². The lowest BCUT2D eigenvalue weighted by molar-refractivity contribution is -0.117. The van der Waals surface area contributed by atoms with Gasteiger partial charge >= 0.3 is 0 Å². The third-order valence-corrected chi connectivity index (χ3v) is 4.96. The first kappa shape index (κ1) is 18.0. The molecule has 1 amide bonds. The number of amides is 1. The summed E-state index contributed by atoms with van der Waals surface area (Å²) in [7, 11) is 0. The van der Waals surface area contributed by atoms with Gasteiger partial charge in [0.05, 0.1) is 11.0 Å². The number of benzene rings is 3. The molecule has 0 spiro atoms. The van der Waals surface area contributed by atoms with Crippen LogP contribution in [0.2, 0.25) is 0 Å². The van der Waals surface area contributed by atoms with Crippen molar-refractivity contribution in [1.29, 1.82) is 0 Å². The van der Waals surface area contributed by atoms with E-state index in [9.17, 15) is 4.79 Å². The van der Waals surface area contributed by atoms with Crippen LogP contribution in [0.15, 0.2) is 78.9 Å². The summed E-state index contributed by atoms with van der Waals surface area (Å²) in [5.74, 6) is 0.855. The van der Waals surface area contributed by atoms with Gasteiger partial charge in [0.15, 0.2) is 0 Å². The normalized spacial score (nSPS) is 11.0. The standard InChI is InChI=1S/C24H23N3O/c1-17(2)24(28)25-15-14-23-26-21-12-5-6-13-22(21)27(23)16-19-10-7-9-18-8-3-4-11-20(18)19/h3-13H,1,14-16H2,2H3,(H,25,28). The van der Waals surface area contributed by atoms with Crippen LogP contribution in [0.1, 0.15) is 18.3 Å². The number of fused-ring (bicyclic) bond motifs is 2. The molecule has 4 nitrogen and oxygen atoms in total. The number of aromatic nitrogens is 2. The fourth-order valence-corrected chi connectivity index (χ4v) is 3.53. The second-order valence-corrected chi connectivity index (χ2v) is 7.03. The molecule has 4 heteroatoms. The van der Waals surface area contributed by atoms with Crippen molar-refractivity contribution in [2.24, 2.45) is 0 Å². The molecule has 0 aliphatic carbocycles. The molecule has 4 rings (SSSR count).